The summed E-state index contributed by atoms with van der Waals surface area (Å²) in [6.45, 7) is 2.74. The van der Waals surface area contributed by atoms with Gasteiger partial charge in [0, 0.05) is 6.54 Å². The Morgan fingerprint density at radius 2 is 1.96 bits per heavy atom. The van der Waals surface area contributed by atoms with Gasteiger partial charge >= 0.3 is 0 Å². The number of para-hydroxylation sites is 1. The van der Waals surface area contributed by atoms with E-state index in [4.69, 9.17) is 11.6 Å². The Labute approximate surface area is 139 Å². The first-order valence-electron chi connectivity index (χ1n) is 7.21. The van der Waals surface area contributed by atoms with Crippen molar-refractivity contribution in [2.75, 3.05) is 10.6 Å². The smallest absolute Gasteiger partial charge is 0.249 e. The van der Waals surface area contributed by atoms with Crippen LogP contribution in [-0.4, -0.2) is 15.2 Å². The second-order valence-electron chi connectivity index (χ2n) is 5.11. The lowest BCUT2D eigenvalue weighted by Crippen LogP contribution is -2.05. The molecular weight excluding hydrogens is 310 g/mol. The van der Waals surface area contributed by atoms with Crippen molar-refractivity contribution < 1.29 is 0 Å². The summed E-state index contributed by atoms with van der Waals surface area (Å²) in [6.07, 6.45) is 1.59. The molecule has 0 spiro atoms. The Morgan fingerprint density at radius 1 is 1.09 bits per heavy atom. The predicted octanol–water partition coefficient (Wildman–Crippen LogP) is 4.19. The number of aromatic nitrogens is 3. The normalized spacial score (nSPS) is 10.3. The van der Waals surface area contributed by atoms with Crippen LogP contribution in [0, 0.1) is 6.92 Å². The zero-order valence-electron chi connectivity index (χ0n) is 12.6. The van der Waals surface area contributed by atoms with E-state index in [0.717, 1.165) is 5.69 Å². The molecular formula is C17H16ClN5. The maximum Gasteiger partial charge on any atom is 0.249 e. The third kappa shape index (κ3) is 4.17. The van der Waals surface area contributed by atoms with Crippen molar-refractivity contribution in [1.29, 1.82) is 0 Å². The highest BCUT2D eigenvalue weighted by atomic mass is 35.5. The molecule has 2 aromatic carbocycles. The fraction of sp³-hybridized carbons (Fsp3) is 0.118. The van der Waals surface area contributed by atoms with Crippen molar-refractivity contribution in [2.24, 2.45) is 0 Å². The minimum Gasteiger partial charge on any atom is -0.365 e. The number of aryl methyl sites for hydroxylation is 1. The number of hydrogen-bond donors (Lipinski definition) is 2. The summed E-state index contributed by atoms with van der Waals surface area (Å²) in [6, 6.07) is 15.7. The van der Waals surface area contributed by atoms with Crippen LogP contribution in [0.15, 0.2) is 54.7 Å². The van der Waals surface area contributed by atoms with Crippen LogP contribution in [0.4, 0.5) is 17.5 Å². The van der Waals surface area contributed by atoms with E-state index in [9.17, 15) is 0 Å². The van der Waals surface area contributed by atoms with Gasteiger partial charge in [0.25, 0.3) is 0 Å². The number of hydrogen-bond acceptors (Lipinski definition) is 5. The van der Waals surface area contributed by atoms with Crippen LogP contribution in [0.25, 0.3) is 0 Å². The monoisotopic (exact) mass is 325 g/mol. The lowest BCUT2D eigenvalue weighted by molar-refractivity contribution is 0.965. The highest BCUT2D eigenvalue weighted by molar-refractivity contribution is 6.33. The largest absolute Gasteiger partial charge is 0.365 e. The molecule has 3 rings (SSSR count). The van der Waals surface area contributed by atoms with Gasteiger partial charge in [0.05, 0.1) is 16.9 Å². The fourth-order valence-corrected chi connectivity index (χ4v) is 2.32. The lowest BCUT2D eigenvalue weighted by atomic mass is 10.1. The highest BCUT2D eigenvalue weighted by Crippen LogP contribution is 2.23. The van der Waals surface area contributed by atoms with Crippen molar-refractivity contribution >= 4 is 29.1 Å². The van der Waals surface area contributed by atoms with Gasteiger partial charge in [-0.2, -0.15) is 10.1 Å². The standard InChI is InChI=1S/C17H16ClN5/c1-12-5-4-6-13(9-12)10-19-16-11-20-23-17(22-16)21-15-8-3-2-7-14(15)18/h2-9,11H,10H2,1H3,(H2,19,21,22,23). The molecule has 6 heteroatoms. The van der Waals surface area contributed by atoms with Gasteiger partial charge in [-0.3, -0.25) is 0 Å². The van der Waals surface area contributed by atoms with Gasteiger partial charge in [0.2, 0.25) is 5.95 Å². The second kappa shape index (κ2) is 7.07. The Balaban J connectivity index is 1.69. The van der Waals surface area contributed by atoms with E-state index in [0.29, 0.717) is 23.3 Å². The number of rotatable bonds is 5. The maximum atomic E-state index is 6.12. The first kappa shape index (κ1) is 15.2. The van der Waals surface area contributed by atoms with Crippen LogP contribution in [0.1, 0.15) is 11.1 Å². The van der Waals surface area contributed by atoms with E-state index in [1.807, 2.05) is 24.3 Å². The Bertz CT molecular complexity index is 806. The summed E-state index contributed by atoms with van der Waals surface area (Å²) in [5.41, 5.74) is 3.15. The van der Waals surface area contributed by atoms with E-state index < -0.39 is 0 Å². The Hall–Kier alpha value is -2.66. The third-order valence-corrected chi connectivity index (χ3v) is 3.56. The Kier molecular flexibility index (Phi) is 4.68. The van der Waals surface area contributed by atoms with Crippen molar-refractivity contribution in [3.05, 3.63) is 70.9 Å². The summed E-state index contributed by atoms with van der Waals surface area (Å²) in [5, 5.41) is 14.8. The minimum atomic E-state index is 0.396. The molecule has 0 aliphatic rings. The van der Waals surface area contributed by atoms with Gasteiger partial charge in [-0.25, -0.2) is 0 Å². The number of nitrogens with one attached hydrogen (secondary N) is 2. The molecule has 1 aromatic heterocycles. The van der Waals surface area contributed by atoms with Crippen LogP contribution >= 0.6 is 11.6 Å². The van der Waals surface area contributed by atoms with Crippen LogP contribution in [0.2, 0.25) is 5.02 Å². The molecule has 0 aliphatic heterocycles. The van der Waals surface area contributed by atoms with Crippen LogP contribution in [0.5, 0.6) is 0 Å². The molecule has 0 saturated heterocycles. The molecule has 0 saturated carbocycles. The summed E-state index contributed by atoms with van der Waals surface area (Å²) in [7, 11) is 0. The molecule has 0 unspecified atom stereocenters. The molecule has 5 nitrogen and oxygen atoms in total. The molecule has 2 N–H and O–H groups in total. The van der Waals surface area contributed by atoms with Crippen molar-refractivity contribution in [3.8, 4) is 0 Å². The second-order valence-corrected chi connectivity index (χ2v) is 5.52. The summed E-state index contributed by atoms with van der Waals surface area (Å²) in [5.74, 6) is 1.04. The van der Waals surface area contributed by atoms with Gasteiger partial charge in [0.1, 0.15) is 0 Å². The molecule has 0 bridgehead atoms. The maximum absolute atomic E-state index is 6.12. The van der Waals surface area contributed by atoms with Crippen molar-refractivity contribution in [1.82, 2.24) is 15.2 Å². The van der Waals surface area contributed by atoms with Gasteiger partial charge in [0.15, 0.2) is 5.82 Å². The average molecular weight is 326 g/mol. The number of nitrogens with zero attached hydrogens (tertiary/aromatic N) is 3. The minimum absolute atomic E-state index is 0.396. The molecule has 116 valence electrons. The quantitative estimate of drug-likeness (QED) is 0.736. The lowest BCUT2D eigenvalue weighted by Gasteiger charge is -2.09. The van der Waals surface area contributed by atoms with E-state index in [-0.39, 0.29) is 0 Å². The number of anilines is 3. The zero-order valence-corrected chi connectivity index (χ0v) is 13.4. The van der Waals surface area contributed by atoms with Gasteiger partial charge in [-0.05, 0) is 24.6 Å². The highest BCUT2D eigenvalue weighted by Gasteiger charge is 2.04. The van der Waals surface area contributed by atoms with Gasteiger partial charge < -0.3 is 10.6 Å². The van der Waals surface area contributed by atoms with Gasteiger partial charge in [-0.1, -0.05) is 53.6 Å². The van der Waals surface area contributed by atoms with E-state index in [1.54, 1.807) is 12.3 Å². The average Bonchev–Trinajstić information content (AvgIpc) is 2.56. The van der Waals surface area contributed by atoms with Crippen LogP contribution < -0.4 is 10.6 Å². The predicted molar refractivity (Wildman–Crippen MR) is 93.1 cm³/mol. The SMILES string of the molecule is Cc1cccc(CNc2cnnc(Nc3ccccc3Cl)n2)c1. The number of halogens is 1. The molecule has 0 fully saturated rings. The molecule has 23 heavy (non-hydrogen) atoms. The summed E-state index contributed by atoms with van der Waals surface area (Å²) < 4.78 is 0. The molecule has 0 radical (unpaired) electrons. The molecule has 1 heterocycles. The topological polar surface area (TPSA) is 62.7 Å². The molecule has 0 atom stereocenters. The summed E-state index contributed by atoms with van der Waals surface area (Å²) >= 11 is 6.12. The van der Waals surface area contributed by atoms with Crippen molar-refractivity contribution in [3.63, 3.8) is 0 Å². The fourth-order valence-electron chi connectivity index (χ4n) is 2.14. The van der Waals surface area contributed by atoms with E-state index >= 15 is 0 Å². The van der Waals surface area contributed by atoms with Crippen molar-refractivity contribution in [2.45, 2.75) is 13.5 Å². The Morgan fingerprint density at radius 3 is 2.78 bits per heavy atom. The molecule has 0 aliphatic carbocycles. The first-order valence-corrected chi connectivity index (χ1v) is 7.59. The summed E-state index contributed by atoms with van der Waals surface area (Å²) in [4.78, 5) is 4.39. The zero-order chi connectivity index (χ0) is 16.1. The third-order valence-electron chi connectivity index (χ3n) is 3.24. The molecule has 0 amide bonds. The van der Waals surface area contributed by atoms with E-state index in [2.05, 4.69) is 50.9 Å². The van der Waals surface area contributed by atoms with Crippen LogP contribution in [-0.2, 0) is 6.54 Å². The molecule has 3 aromatic rings. The van der Waals surface area contributed by atoms with Crippen LogP contribution in [0.3, 0.4) is 0 Å². The first-order chi connectivity index (χ1) is 11.2. The van der Waals surface area contributed by atoms with Gasteiger partial charge in [-0.15, -0.1) is 5.10 Å². The van der Waals surface area contributed by atoms with E-state index in [1.165, 1.54) is 11.1 Å². The number of benzene rings is 2.